The second-order valence-electron chi connectivity index (χ2n) is 6.75. The first kappa shape index (κ1) is 13.7. The van der Waals surface area contributed by atoms with Gasteiger partial charge in [-0.1, -0.05) is 13.3 Å². The van der Waals surface area contributed by atoms with Gasteiger partial charge in [0.2, 0.25) is 0 Å². The molecular formula is C15H26F2N2. The molecule has 3 aliphatic rings. The molecule has 2 heterocycles. The van der Waals surface area contributed by atoms with E-state index in [0.717, 1.165) is 43.8 Å². The SMILES string of the molecule is CCC1C2CN(CCCN3CCCC(F)(F)C3)CC12. The molecule has 0 bridgehead atoms. The van der Waals surface area contributed by atoms with Crippen LogP contribution in [0.5, 0.6) is 0 Å². The number of hydrogen-bond acceptors (Lipinski definition) is 2. The fourth-order valence-corrected chi connectivity index (χ4v) is 4.28. The fraction of sp³-hybridized carbons (Fsp3) is 1.00. The summed E-state index contributed by atoms with van der Waals surface area (Å²) in [4.78, 5) is 4.50. The van der Waals surface area contributed by atoms with E-state index in [2.05, 4.69) is 11.8 Å². The Hall–Kier alpha value is -0.220. The van der Waals surface area contributed by atoms with Crippen molar-refractivity contribution in [2.45, 2.75) is 38.5 Å². The maximum atomic E-state index is 13.3. The van der Waals surface area contributed by atoms with Crippen LogP contribution >= 0.6 is 0 Å². The smallest absolute Gasteiger partial charge is 0.260 e. The maximum absolute atomic E-state index is 13.3. The van der Waals surface area contributed by atoms with E-state index in [9.17, 15) is 8.78 Å². The summed E-state index contributed by atoms with van der Waals surface area (Å²) in [6.45, 7) is 7.61. The number of hydrogen-bond donors (Lipinski definition) is 0. The lowest BCUT2D eigenvalue weighted by Crippen LogP contribution is -2.43. The van der Waals surface area contributed by atoms with Crippen LogP contribution in [0.4, 0.5) is 8.78 Å². The lowest BCUT2D eigenvalue weighted by Gasteiger charge is -2.32. The molecule has 1 aliphatic carbocycles. The van der Waals surface area contributed by atoms with Gasteiger partial charge in [0.15, 0.2) is 0 Å². The molecule has 4 heteroatoms. The third-order valence-corrected chi connectivity index (χ3v) is 5.34. The van der Waals surface area contributed by atoms with Crippen LogP contribution in [0, 0.1) is 17.8 Å². The molecule has 110 valence electrons. The van der Waals surface area contributed by atoms with Crippen molar-refractivity contribution < 1.29 is 8.78 Å². The van der Waals surface area contributed by atoms with Crippen LogP contribution in [-0.2, 0) is 0 Å². The van der Waals surface area contributed by atoms with Crippen molar-refractivity contribution in [2.75, 3.05) is 39.3 Å². The number of piperidine rings is 2. The normalized spacial score (nSPS) is 38.4. The summed E-state index contributed by atoms with van der Waals surface area (Å²) in [7, 11) is 0. The van der Waals surface area contributed by atoms with Gasteiger partial charge in [0, 0.05) is 19.5 Å². The number of rotatable bonds is 5. The Bertz CT molecular complexity index is 309. The average Bonchev–Trinajstić information content (AvgIpc) is 2.82. The van der Waals surface area contributed by atoms with Gasteiger partial charge in [-0.2, -0.15) is 0 Å². The average molecular weight is 272 g/mol. The van der Waals surface area contributed by atoms with Crippen LogP contribution < -0.4 is 0 Å². The standard InChI is InChI=1S/C15H26F2N2/c1-2-12-13-9-19(10-14(12)13)8-4-7-18-6-3-5-15(16,17)11-18/h12-14H,2-11H2,1H3. The molecule has 2 atom stereocenters. The Morgan fingerprint density at radius 3 is 2.42 bits per heavy atom. The zero-order chi connectivity index (χ0) is 13.5. The summed E-state index contributed by atoms with van der Waals surface area (Å²) in [6.07, 6.45) is 3.12. The van der Waals surface area contributed by atoms with Gasteiger partial charge >= 0.3 is 0 Å². The quantitative estimate of drug-likeness (QED) is 0.759. The molecule has 0 N–H and O–H groups in total. The molecule has 2 unspecified atom stereocenters. The van der Waals surface area contributed by atoms with E-state index in [4.69, 9.17) is 0 Å². The minimum Gasteiger partial charge on any atom is -0.303 e. The van der Waals surface area contributed by atoms with E-state index in [1.807, 2.05) is 4.90 Å². The van der Waals surface area contributed by atoms with Gasteiger partial charge in [0.05, 0.1) is 6.54 Å². The Morgan fingerprint density at radius 2 is 1.79 bits per heavy atom. The first-order chi connectivity index (χ1) is 9.09. The summed E-state index contributed by atoms with van der Waals surface area (Å²) in [5, 5.41) is 0. The minimum atomic E-state index is -2.44. The van der Waals surface area contributed by atoms with Crippen LogP contribution in [0.25, 0.3) is 0 Å². The number of likely N-dealkylation sites (tertiary alicyclic amines) is 2. The molecule has 2 aliphatic heterocycles. The number of alkyl halides is 2. The first-order valence-electron chi connectivity index (χ1n) is 7.91. The highest BCUT2D eigenvalue weighted by Gasteiger charge is 2.53. The summed E-state index contributed by atoms with van der Waals surface area (Å²) >= 11 is 0. The third-order valence-electron chi connectivity index (χ3n) is 5.34. The molecule has 0 amide bonds. The molecule has 1 saturated carbocycles. The molecule has 0 aromatic heterocycles. The number of fused-ring (bicyclic) bond motifs is 1. The number of nitrogens with zero attached hydrogens (tertiary/aromatic N) is 2. The van der Waals surface area contributed by atoms with Gasteiger partial charge < -0.3 is 4.90 Å². The Labute approximate surface area is 115 Å². The fourth-order valence-electron chi connectivity index (χ4n) is 4.28. The van der Waals surface area contributed by atoms with Gasteiger partial charge in [-0.25, -0.2) is 8.78 Å². The van der Waals surface area contributed by atoms with Gasteiger partial charge in [0.1, 0.15) is 0 Å². The first-order valence-corrected chi connectivity index (χ1v) is 7.91. The maximum Gasteiger partial charge on any atom is 0.260 e. The molecule has 0 aromatic carbocycles. The Morgan fingerprint density at radius 1 is 1.11 bits per heavy atom. The van der Waals surface area contributed by atoms with Crippen molar-refractivity contribution in [1.29, 1.82) is 0 Å². The topological polar surface area (TPSA) is 6.48 Å². The van der Waals surface area contributed by atoms with Crippen LogP contribution in [0.2, 0.25) is 0 Å². The second kappa shape index (κ2) is 5.28. The van der Waals surface area contributed by atoms with E-state index in [1.165, 1.54) is 19.5 Å². The third kappa shape index (κ3) is 3.10. The lowest BCUT2D eigenvalue weighted by atomic mass is 10.1. The molecule has 0 spiro atoms. The van der Waals surface area contributed by atoms with Gasteiger partial charge in [-0.05, 0) is 50.2 Å². The predicted octanol–water partition coefficient (Wildman–Crippen LogP) is 2.70. The van der Waals surface area contributed by atoms with Gasteiger partial charge in [-0.15, -0.1) is 0 Å². The zero-order valence-electron chi connectivity index (χ0n) is 12.0. The van der Waals surface area contributed by atoms with Crippen LogP contribution in [0.3, 0.4) is 0 Å². The van der Waals surface area contributed by atoms with Crippen LogP contribution in [0.1, 0.15) is 32.6 Å². The zero-order valence-corrected chi connectivity index (χ0v) is 12.0. The van der Waals surface area contributed by atoms with Crippen LogP contribution in [0.15, 0.2) is 0 Å². The monoisotopic (exact) mass is 272 g/mol. The number of halogens is 2. The van der Waals surface area contributed by atoms with Crippen molar-refractivity contribution in [2.24, 2.45) is 17.8 Å². The van der Waals surface area contributed by atoms with Gasteiger partial charge in [0.25, 0.3) is 5.92 Å². The minimum absolute atomic E-state index is 0.0177. The van der Waals surface area contributed by atoms with Crippen LogP contribution in [-0.4, -0.2) is 55.0 Å². The Balaban J connectivity index is 1.32. The second-order valence-corrected chi connectivity index (χ2v) is 6.75. The van der Waals surface area contributed by atoms with Crippen molar-refractivity contribution in [3.8, 4) is 0 Å². The molecule has 0 radical (unpaired) electrons. The largest absolute Gasteiger partial charge is 0.303 e. The van der Waals surface area contributed by atoms with Crippen molar-refractivity contribution >= 4 is 0 Å². The van der Waals surface area contributed by atoms with Crippen molar-refractivity contribution in [1.82, 2.24) is 9.80 Å². The molecule has 3 fully saturated rings. The molecule has 19 heavy (non-hydrogen) atoms. The van der Waals surface area contributed by atoms with E-state index >= 15 is 0 Å². The molecule has 0 aromatic rings. The molecule has 2 nitrogen and oxygen atoms in total. The summed E-state index contributed by atoms with van der Waals surface area (Å²) in [5.41, 5.74) is 0. The van der Waals surface area contributed by atoms with Crippen molar-refractivity contribution in [3.05, 3.63) is 0 Å². The van der Waals surface area contributed by atoms with E-state index < -0.39 is 5.92 Å². The lowest BCUT2D eigenvalue weighted by molar-refractivity contribution is -0.0643. The summed E-state index contributed by atoms with van der Waals surface area (Å²) < 4.78 is 26.5. The predicted molar refractivity (Wildman–Crippen MR) is 72.4 cm³/mol. The Kier molecular flexibility index (Phi) is 3.82. The van der Waals surface area contributed by atoms with E-state index in [1.54, 1.807) is 0 Å². The summed E-state index contributed by atoms with van der Waals surface area (Å²) in [5.74, 6) is 0.479. The van der Waals surface area contributed by atoms with E-state index in [0.29, 0.717) is 6.42 Å². The highest BCUT2D eigenvalue weighted by Crippen LogP contribution is 2.53. The van der Waals surface area contributed by atoms with Crippen molar-refractivity contribution in [3.63, 3.8) is 0 Å². The molecule has 3 rings (SSSR count). The highest BCUT2D eigenvalue weighted by molar-refractivity contribution is 5.04. The van der Waals surface area contributed by atoms with E-state index in [-0.39, 0.29) is 13.0 Å². The molecular weight excluding hydrogens is 246 g/mol. The summed E-state index contributed by atoms with van der Waals surface area (Å²) in [6, 6.07) is 0. The van der Waals surface area contributed by atoms with Gasteiger partial charge in [-0.3, -0.25) is 4.90 Å². The highest BCUT2D eigenvalue weighted by atomic mass is 19.3. The molecule has 2 saturated heterocycles.